The lowest BCUT2D eigenvalue weighted by atomic mass is 10.3. The molecule has 1 aromatic heterocycles. The zero-order valence-electron chi connectivity index (χ0n) is 9.46. The number of hydrogen-bond acceptors (Lipinski definition) is 4. The largest absolute Gasteiger partial charge is 0.459 e. The first-order valence-electron chi connectivity index (χ1n) is 5.53. The highest BCUT2D eigenvalue weighted by molar-refractivity contribution is 5.91. The summed E-state index contributed by atoms with van der Waals surface area (Å²) >= 11 is 0. The van der Waals surface area contributed by atoms with Crippen LogP contribution in [-0.4, -0.2) is 54.3 Å². The van der Waals surface area contributed by atoms with Gasteiger partial charge in [0, 0.05) is 26.2 Å². The Morgan fingerprint density at radius 2 is 1.88 bits per heavy atom. The molecule has 1 aliphatic rings. The minimum Gasteiger partial charge on any atom is -0.459 e. The molecule has 1 aromatic rings. The lowest BCUT2D eigenvalue weighted by molar-refractivity contribution is -0.131. The van der Waals surface area contributed by atoms with Gasteiger partial charge in [0.2, 0.25) is 5.91 Å². The van der Waals surface area contributed by atoms with E-state index in [1.807, 2.05) is 0 Å². The lowest BCUT2D eigenvalue weighted by Gasteiger charge is -2.34. The van der Waals surface area contributed by atoms with Crippen molar-refractivity contribution in [3.05, 3.63) is 24.2 Å². The fraction of sp³-hybridized carbons (Fsp3) is 0.455. The van der Waals surface area contributed by atoms with Crippen molar-refractivity contribution in [2.24, 2.45) is 5.73 Å². The quantitative estimate of drug-likeness (QED) is 0.753. The smallest absolute Gasteiger partial charge is 0.289 e. The Hall–Kier alpha value is -1.82. The van der Waals surface area contributed by atoms with Gasteiger partial charge in [-0.3, -0.25) is 9.59 Å². The molecule has 1 fully saturated rings. The van der Waals surface area contributed by atoms with Crippen molar-refractivity contribution in [1.29, 1.82) is 0 Å². The molecule has 0 unspecified atom stereocenters. The van der Waals surface area contributed by atoms with Crippen LogP contribution < -0.4 is 5.73 Å². The molecule has 2 heterocycles. The highest BCUT2D eigenvalue weighted by Crippen LogP contribution is 2.09. The van der Waals surface area contributed by atoms with E-state index in [4.69, 9.17) is 10.2 Å². The van der Waals surface area contributed by atoms with Crippen molar-refractivity contribution in [1.82, 2.24) is 9.80 Å². The fourth-order valence-electron chi connectivity index (χ4n) is 1.84. The van der Waals surface area contributed by atoms with Gasteiger partial charge in [-0.1, -0.05) is 0 Å². The third-order valence-electron chi connectivity index (χ3n) is 2.83. The predicted molar refractivity (Wildman–Crippen MR) is 60.2 cm³/mol. The molecule has 92 valence electrons. The number of piperazine rings is 1. The molecular weight excluding hydrogens is 222 g/mol. The van der Waals surface area contributed by atoms with Crippen molar-refractivity contribution in [2.75, 3.05) is 32.7 Å². The Labute approximate surface area is 99.0 Å². The van der Waals surface area contributed by atoms with Crippen molar-refractivity contribution in [3.8, 4) is 0 Å². The van der Waals surface area contributed by atoms with Gasteiger partial charge in [0.05, 0.1) is 12.8 Å². The van der Waals surface area contributed by atoms with Crippen LogP contribution in [0.4, 0.5) is 0 Å². The summed E-state index contributed by atoms with van der Waals surface area (Å²) in [7, 11) is 0. The van der Waals surface area contributed by atoms with Gasteiger partial charge in [0.15, 0.2) is 5.76 Å². The number of carbonyl (C=O) groups excluding carboxylic acids is 2. The molecule has 0 atom stereocenters. The first kappa shape index (κ1) is 11.7. The Kier molecular flexibility index (Phi) is 3.43. The lowest BCUT2D eigenvalue weighted by Crippen LogP contribution is -2.51. The average Bonchev–Trinajstić information content (AvgIpc) is 2.91. The standard InChI is InChI=1S/C11H15N3O3/c12-8-10(15)13-3-5-14(6-4-13)11(16)9-2-1-7-17-9/h1-2,7H,3-6,8,12H2. The van der Waals surface area contributed by atoms with Crippen molar-refractivity contribution in [3.63, 3.8) is 0 Å². The molecule has 2 rings (SSSR count). The van der Waals surface area contributed by atoms with Crippen LogP contribution in [0, 0.1) is 0 Å². The molecule has 17 heavy (non-hydrogen) atoms. The number of amides is 2. The molecule has 6 nitrogen and oxygen atoms in total. The molecular formula is C11H15N3O3. The summed E-state index contributed by atoms with van der Waals surface area (Å²) in [5.74, 6) is 0.133. The van der Waals surface area contributed by atoms with E-state index < -0.39 is 0 Å². The van der Waals surface area contributed by atoms with Crippen molar-refractivity contribution < 1.29 is 14.0 Å². The van der Waals surface area contributed by atoms with Crippen LogP contribution in [0.25, 0.3) is 0 Å². The SMILES string of the molecule is NCC(=O)N1CCN(C(=O)c2ccco2)CC1. The topological polar surface area (TPSA) is 79.8 Å². The van der Waals surface area contributed by atoms with Gasteiger partial charge < -0.3 is 20.0 Å². The van der Waals surface area contributed by atoms with E-state index in [1.54, 1.807) is 21.9 Å². The van der Waals surface area contributed by atoms with Crippen LogP contribution in [0.2, 0.25) is 0 Å². The van der Waals surface area contributed by atoms with Crippen LogP contribution in [0.5, 0.6) is 0 Å². The first-order valence-corrected chi connectivity index (χ1v) is 5.53. The van der Waals surface area contributed by atoms with E-state index in [1.165, 1.54) is 6.26 Å². The zero-order valence-corrected chi connectivity index (χ0v) is 9.46. The molecule has 6 heteroatoms. The second-order valence-corrected chi connectivity index (χ2v) is 3.85. The van der Waals surface area contributed by atoms with Crippen LogP contribution >= 0.6 is 0 Å². The summed E-state index contributed by atoms with van der Waals surface area (Å²) in [6, 6.07) is 3.32. The average molecular weight is 237 g/mol. The third-order valence-corrected chi connectivity index (χ3v) is 2.83. The van der Waals surface area contributed by atoms with E-state index in [0.717, 1.165) is 0 Å². The molecule has 0 spiro atoms. The number of nitrogens with zero attached hydrogens (tertiary/aromatic N) is 2. The molecule has 2 amide bonds. The van der Waals surface area contributed by atoms with Crippen LogP contribution in [-0.2, 0) is 4.79 Å². The van der Waals surface area contributed by atoms with Gasteiger partial charge in [-0.2, -0.15) is 0 Å². The maximum atomic E-state index is 11.9. The van der Waals surface area contributed by atoms with Crippen LogP contribution in [0.15, 0.2) is 22.8 Å². The molecule has 1 aliphatic heterocycles. The highest BCUT2D eigenvalue weighted by atomic mass is 16.3. The Morgan fingerprint density at radius 1 is 1.24 bits per heavy atom. The first-order chi connectivity index (χ1) is 8.22. The molecule has 0 bridgehead atoms. The predicted octanol–water partition coefficient (Wildman–Crippen LogP) is -0.477. The van der Waals surface area contributed by atoms with Gasteiger partial charge in [0.25, 0.3) is 5.91 Å². The number of carbonyl (C=O) groups is 2. The minimum absolute atomic E-state index is 0.0200. The van der Waals surface area contributed by atoms with Crippen LogP contribution in [0.3, 0.4) is 0 Å². The Morgan fingerprint density at radius 3 is 2.41 bits per heavy atom. The second kappa shape index (κ2) is 5.01. The summed E-state index contributed by atoms with van der Waals surface area (Å²) in [5, 5.41) is 0. The normalized spacial score (nSPS) is 16.1. The summed E-state index contributed by atoms with van der Waals surface area (Å²) in [6.07, 6.45) is 1.47. The minimum atomic E-state index is -0.130. The number of rotatable bonds is 2. The summed E-state index contributed by atoms with van der Waals surface area (Å²) in [5.41, 5.74) is 5.29. The monoisotopic (exact) mass is 237 g/mol. The van der Waals surface area contributed by atoms with E-state index in [2.05, 4.69) is 0 Å². The van der Waals surface area contributed by atoms with Gasteiger partial charge in [0.1, 0.15) is 0 Å². The van der Waals surface area contributed by atoms with E-state index in [-0.39, 0.29) is 18.4 Å². The number of furan rings is 1. The van der Waals surface area contributed by atoms with Crippen LogP contribution in [0.1, 0.15) is 10.6 Å². The molecule has 1 saturated heterocycles. The van der Waals surface area contributed by atoms with Gasteiger partial charge in [-0.25, -0.2) is 0 Å². The van der Waals surface area contributed by atoms with Gasteiger partial charge >= 0.3 is 0 Å². The number of nitrogens with two attached hydrogens (primary N) is 1. The maximum absolute atomic E-state index is 11.9. The fourth-order valence-corrected chi connectivity index (χ4v) is 1.84. The molecule has 0 aromatic carbocycles. The molecule has 0 radical (unpaired) electrons. The summed E-state index contributed by atoms with van der Waals surface area (Å²) in [6.45, 7) is 2.12. The summed E-state index contributed by atoms with van der Waals surface area (Å²) < 4.78 is 5.05. The van der Waals surface area contributed by atoms with E-state index in [9.17, 15) is 9.59 Å². The second-order valence-electron chi connectivity index (χ2n) is 3.85. The number of hydrogen-bond donors (Lipinski definition) is 1. The van der Waals surface area contributed by atoms with Crippen molar-refractivity contribution in [2.45, 2.75) is 0 Å². The van der Waals surface area contributed by atoms with E-state index >= 15 is 0 Å². The molecule has 0 aliphatic carbocycles. The van der Waals surface area contributed by atoms with E-state index in [0.29, 0.717) is 31.9 Å². The molecule has 0 saturated carbocycles. The van der Waals surface area contributed by atoms with Gasteiger partial charge in [-0.05, 0) is 12.1 Å². The van der Waals surface area contributed by atoms with Gasteiger partial charge in [-0.15, -0.1) is 0 Å². The Balaban J connectivity index is 1.91. The highest BCUT2D eigenvalue weighted by Gasteiger charge is 2.25. The molecule has 2 N–H and O–H groups in total. The van der Waals surface area contributed by atoms with Crippen molar-refractivity contribution >= 4 is 11.8 Å². The summed E-state index contributed by atoms with van der Waals surface area (Å²) in [4.78, 5) is 26.6. The third kappa shape index (κ3) is 2.47. The maximum Gasteiger partial charge on any atom is 0.289 e. The zero-order chi connectivity index (χ0) is 12.3. The Bertz CT molecular complexity index is 394.